The molecule has 3 fully saturated rings. The van der Waals surface area contributed by atoms with Crippen LogP contribution in [0.4, 0.5) is 44.6 Å². The summed E-state index contributed by atoms with van der Waals surface area (Å²) >= 11 is 0. The molecular weight excluding hydrogens is 760 g/mol. The number of halogens is 1. The van der Waals surface area contributed by atoms with Crippen LogP contribution in [0.5, 0.6) is 0 Å². The van der Waals surface area contributed by atoms with Crippen molar-refractivity contribution in [1.29, 1.82) is 0 Å². The number of para-hydroxylation sites is 1. The molecule has 1 unspecified atom stereocenters. The Hall–Kier alpha value is -5.74. The number of nitrogens with one attached hydrogen (secondary N) is 4. The molecule has 9 rings (SSSR count). The number of piperidine rings is 2. The van der Waals surface area contributed by atoms with Crippen LogP contribution < -0.4 is 30.1 Å². The number of H-pyrrole nitrogens is 1. The van der Waals surface area contributed by atoms with Crippen molar-refractivity contribution >= 4 is 73.1 Å². The highest BCUT2D eigenvalue weighted by Crippen LogP contribution is 2.39. The standard InChI is InChI=1S/C42H47FN10O4S/c1-58(56,57)53-20-16-29-3-2-4-35(38(29)53)46-40-33-13-17-44-39(33)48-42(49-40)45-30-7-11-36(34(43)25-30)52-23-21-50(22-24-52)26-27-14-18-51(19-15-27)31-8-5-28(6-9-31)32-10-12-37(54)47-41(32)55/h2-9,11,13,17,25,27,32H,10,12,14-16,18-24,26H2,1H3,(H,47,54,55)(H3,44,45,46,48,49). The predicted molar refractivity (Wildman–Crippen MR) is 224 cm³/mol. The number of sulfonamides is 1. The minimum absolute atomic E-state index is 0.194. The van der Waals surface area contributed by atoms with Gasteiger partial charge in [0.25, 0.3) is 0 Å². The van der Waals surface area contributed by atoms with Gasteiger partial charge in [-0.2, -0.15) is 9.97 Å². The van der Waals surface area contributed by atoms with Crippen LogP contribution in [0.3, 0.4) is 0 Å². The zero-order valence-corrected chi connectivity index (χ0v) is 33.2. The van der Waals surface area contributed by atoms with Crippen molar-refractivity contribution in [2.45, 2.75) is 38.0 Å². The molecule has 0 saturated carbocycles. The lowest BCUT2D eigenvalue weighted by molar-refractivity contribution is -0.134. The molecule has 58 heavy (non-hydrogen) atoms. The van der Waals surface area contributed by atoms with Gasteiger partial charge in [0, 0.05) is 76.4 Å². The zero-order valence-electron chi connectivity index (χ0n) is 32.4. The monoisotopic (exact) mass is 806 g/mol. The van der Waals surface area contributed by atoms with Crippen LogP contribution in [-0.2, 0) is 26.0 Å². The van der Waals surface area contributed by atoms with E-state index in [9.17, 15) is 18.0 Å². The highest BCUT2D eigenvalue weighted by atomic mass is 32.2. The molecule has 4 aliphatic heterocycles. The molecule has 16 heteroatoms. The van der Waals surface area contributed by atoms with Crippen LogP contribution in [0.15, 0.2) is 72.9 Å². The van der Waals surface area contributed by atoms with E-state index >= 15 is 4.39 Å². The highest BCUT2D eigenvalue weighted by molar-refractivity contribution is 7.92. The molecular formula is C42H47FN10O4S. The number of aromatic nitrogens is 3. The van der Waals surface area contributed by atoms with Crippen molar-refractivity contribution in [3.63, 3.8) is 0 Å². The van der Waals surface area contributed by atoms with Crippen molar-refractivity contribution < 1.29 is 22.4 Å². The first-order valence-corrected chi connectivity index (χ1v) is 21.8. The Kier molecular flexibility index (Phi) is 10.1. The molecule has 14 nitrogen and oxygen atoms in total. The topological polar surface area (TPSA) is 159 Å². The number of aromatic amines is 1. The largest absolute Gasteiger partial charge is 0.372 e. The van der Waals surface area contributed by atoms with Gasteiger partial charge in [0.1, 0.15) is 17.3 Å². The SMILES string of the molecule is CS(=O)(=O)N1CCc2cccc(Nc3nc(Nc4ccc(N5CCN(CC6CCN(c7ccc(C8CCC(=O)NC8=O)cc7)CC6)CC5)c(F)c4)nc4[nH]ccc34)c21. The maximum atomic E-state index is 15.7. The first-order valence-electron chi connectivity index (χ1n) is 20.0. The van der Waals surface area contributed by atoms with E-state index in [0.29, 0.717) is 65.9 Å². The third-order valence-electron chi connectivity index (χ3n) is 12.0. The number of imide groups is 1. The number of benzene rings is 3. The van der Waals surface area contributed by atoms with E-state index in [1.165, 1.54) is 16.6 Å². The van der Waals surface area contributed by atoms with Gasteiger partial charge in [0.05, 0.1) is 34.6 Å². The van der Waals surface area contributed by atoms with E-state index in [1.807, 2.05) is 42.5 Å². The van der Waals surface area contributed by atoms with Crippen LogP contribution >= 0.6 is 0 Å². The first kappa shape index (κ1) is 37.8. The number of carbonyl (C=O) groups excluding carboxylic acids is 2. The van der Waals surface area contributed by atoms with Crippen molar-refractivity contribution in [3.8, 4) is 0 Å². The van der Waals surface area contributed by atoms with Gasteiger partial charge in [-0.25, -0.2) is 12.8 Å². The van der Waals surface area contributed by atoms with Gasteiger partial charge < -0.3 is 25.4 Å². The summed E-state index contributed by atoms with van der Waals surface area (Å²) in [5, 5.41) is 9.71. The Labute approximate surface area is 336 Å². The summed E-state index contributed by atoms with van der Waals surface area (Å²) < 4.78 is 42.3. The van der Waals surface area contributed by atoms with Gasteiger partial charge >= 0.3 is 0 Å². The fraction of sp³-hybridized carbons (Fsp3) is 0.381. The second-order valence-corrected chi connectivity index (χ2v) is 17.7. The Bertz CT molecular complexity index is 2460. The van der Waals surface area contributed by atoms with Gasteiger partial charge in [-0.1, -0.05) is 24.3 Å². The number of anilines is 7. The number of hydrogen-bond acceptors (Lipinski definition) is 11. The third kappa shape index (κ3) is 7.77. The van der Waals surface area contributed by atoms with Crippen LogP contribution in [0.1, 0.15) is 42.7 Å². The predicted octanol–water partition coefficient (Wildman–Crippen LogP) is 5.47. The second kappa shape index (κ2) is 15.5. The minimum Gasteiger partial charge on any atom is -0.372 e. The smallest absolute Gasteiger partial charge is 0.234 e. The number of nitrogens with zero attached hydrogens (tertiary/aromatic N) is 6. The van der Waals surface area contributed by atoms with E-state index in [0.717, 1.165) is 80.9 Å². The Balaban J connectivity index is 0.785. The summed E-state index contributed by atoms with van der Waals surface area (Å²) in [6, 6.07) is 20.9. The summed E-state index contributed by atoms with van der Waals surface area (Å²) in [4.78, 5) is 43.3. The molecule has 2 amide bonds. The number of amides is 2. The number of piperazine rings is 1. The van der Waals surface area contributed by atoms with E-state index < -0.39 is 10.0 Å². The third-order valence-corrected chi connectivity index (χ3v) is 13.1. The normalized spacial score (nSPS) is 19.4. The van der Waals surface area contributed by atoms with Crippen molar-refractivity contribution in [1.82, 2.24) is 25.2 Å². The van der Waals surface area contributed by atoms with Gasteiger partial charge in [0.15, 0.2) is 0 Å². The lowest BCUT2D eigenvalue weighted by atomic mass is 9.90. The molecule has 0 spiro atoms. The van der Waals surface area contributed by atoms with Crippen molar-refractivity contribution in [2.24, 2.45) is 5.92 Å². The average molecular weight is 807 g/mol. The Morgan fingerprint density at radius 3 is 2.38 bits per heavy atom. The molecule has 3 aromatic carbocycles. The summed E-state index contributed by atoms with van der Waals surface area (Å²) in [6.07, 6.45) is 6.74. The molecule has 1 atom stereocenters. The molecule has 0 bridgehead atoms. The van der Waals surface area contributed by atoms with E-state index in [-0.39, 0.29) is 29.5 Å². The molecule has 2 aromatic heterocycles. The Morgan fingerprint density at radius 1 is 0.845 bits per heavy atom. The molecule has 4 N–H and O–H groups in total. The lowest BCUT2D eigenvalue weighted by Gasteiger charge is -2.40. The first-order chi connectivity index (χ1) is 28.1. The molecule has 6 heterocycles. The summed E-state index contributed by atoms with van der Waals surface area (Å²) in [5.41, 5.74) is 5.96. The van der Waals surface area contributed by atoms with E-state index in [4.69, 9.17) is 4.98 Å². The molecule has 0 radical (unpaired) electrons. The summed E-state index contributed by atoms with van der Waals surface area (Å²) in [7, 11) is -3.47. The number of carbonyl (C=O) groups is 2. The molecule has 5 aromatic rings. The fourth-order valence-corrected chi connectivity index (χ4v) is 9.85. The number of hydrogen-bond donors (Lipinski definition) is 4. The minimum atomic E-state index is -3.47. The zero-order chi connectivity index (χ0) is 40.0. The molecule has 3 saturated heterocycles. The molecule has 302 valence electrons. The lowest BCUT2D eigenvalue weighted by Crippen LogP contribution is -2.49. The highest BCUT2D eigenvalue weighted by Gasteiger charge is 2.31. The maximum absolute atomic E-state index is 15.7. The summed E-state index contributed by atoms with van der Waals surface area (Å²) in [5.74, 6) is 0.366. The van der Waals surface area contributed by atoms with Gasteiger partial charge in [0.2, 0.25) is 27.8 Å². The van der Waals surface area contributed by atoms with Gasteiger partial charge in [-0.05, 0) is 85.2 Å². The Morgan fingerprint density at radius 2 is 1.64 bits per heavy atom. The van der Waals surface area contributed by atoms with Crippen LogP contribution in [0.25, 0.3) is 11.0 Å². The molecule has 4 aliphatic rings. The van der Waals surface area contributed by atoms with Crippen molar-refractivity contribution in [3.05, 3.63) is 89.9 Å². The maximum Gasteiger partial charge on any atom is 0.234 e. The summed E-state index contributed by atoms with van der Waals surface area (Å²) in [6.45, 7) is 6.60. The average Bonchev–Trinajstić information content (AvgIpc) is 3.88. The van der Waals surface area contributed by atoms with Gasteiger partial charge in [-0.3, -0.25) is 24.1 Å². The van der Waals surface area contributed by atoms with Gasteiger partial charge in [-0.15, -0.1) is 0 Å². The fourth-order valence-electron chi connectivity index (χ4n) is 8.88. The van der Waals surface area contributed by atoms with Crippen LogP contribution in [0.2, 0.25) is 0 Å². The van der Waals surface area contributed by atoms with Crippen LogP contribution in [0, 0.1) is 11.7 Å². The molecule has 0 aliphatic carbocycles. The van der Waals surface area contributed by atoms with E-state index in [2.05, 4.69) is 52.8 Å². The quantitative estimate of drug-likeness (QED) is 0.133. The number of rotatable bonds is 10. The van der Waals surface area contributed by atoms with Crippen LogP contribution in [-0.4, -0.2) is 98.7 Å². The van der Waals surface area contributed by atoms with Crippen molar-refractivity contribution in [2.75, 3.05) is 83.4 Å². The second-order valence-electron chi connectivity index (χ2n) is 15.8. The number of fused-ring (bicyclic) bond motifs is 2. The van der Waals surface area contributed by atoms with E-state index in [1.54, 1.807) is 12.3 Å².